The van der Waals surface area contributed by atoms with Gasteiger partial charge in [0.1, 0.15) is 0 Å². The van der Waals surface area contributed by atoms with Crippen LogP contribution in [0.5, 0.6) is 0 Å². The first-order valence-corrected chi connectivity index (χ1v) is 12.3. The maximum atomic E-state index is 6.61. The molecule has 5 rings (SSSR count). The van der Waals surface area contributed by atoms with Gasteiger partial charge in [-0.25, -0.2) is 0 Å². The number of aromatic nitrogens is 2. The number of hydrogen-bond acceptors (Lipinski definition) is 2. The lowest BCUT2D eigenvalue weighted by molar-refractivity contribution is 0.565. The molecule has 34 heavy (non-hydrogen) atoms. The van der Waals surface area contributed by atoms with Gasteiger partial charge in [0, 0.05) is 28.3 Å². The van der Waals surface area contributed by atoms with Gasteiger partial charge < -0.3 is 14.8 Å². The number of hydrogen-bond donors (Lipinski definition) is 1. The van der Waals surface area contributed by atoms with E-state index in [0.29, 0.717) is 20.2 Å². The van der Waals surface area contributed by atoms with Crippen LogP contribution < -0.4 is 10.2 Å². The van der Waals surface area contributed by atoms with E-state index < -0.39 is 0 Å². The highest BCUT2D eigenvalue weighted by molar-refractivity contribution is 7.80. The molecular formula is C26H21Cl3N4S. The van der Waals surface area contributed by atoms with Crippen LogP contribution in [0, 0.1) is 13.8 Å². The molecule has 8 heteroatoms. The summed E-state index contributed by atoms with van der Waals surface area (Å²) in [6.45, 7) is 4.16. The summed E-state index contributed by atoms with van der Waals surface area (Å²) in [5, 5.41) is 5.85. The summed E-state index contributed by atoms with van der Waals surface area (Å²) in [4.78, 5) is 6.78. The van der Waals surface area contributed by atoms with Gasteiger partial charge in [0.05, 0.1) is 33.5 Å². The van der Waals surface area contributed by atoms with Crippen LogP contribution in [-0.4, -0.2) is 14.7 Å². The molecule has 1 aliphatic heterocycles. The summed E-state index contributed by atoms with van der Waals surface area (Å²) in [5.74, 6) is 0. The lowest BCUT2D eigenvalue weighted by atomic mass is 9.96. The molecule has 1 saturated heterocycles. The number of nitrogens with zero attached hydrogens (tertiary/aromatic N) is 3. The number of rotatable bonds is 4. The Kier molecular flexibility index (Phi) is 6.30. The first kappa shape index (κ1) is 23.2. The Bertz CT molecular complexity index is 1370. The molecule has 2 unspecified atom stereocenters. The van der Waals surface area contributed by atoms with Crippen LogP contribution in [0.1, 0.15) is 34.7 Å². The predicted molar refractivity (Wildman–Crippen MR) is 145 cm³/mol. The smallest absolute Gasteiger partial charge is 0.174 e. The fourth-order valence-corrected chi connectivity index (χ4v) is 5.53. The van der Waals surface area contributed by atoms with Gasteiger partial charge in [-0.05, 0) is 86.2 Å². The second-order valence-electron chi connectivity index (χ2n) is 8.21. The lowest BCUT2D eigenvalue weighted by Crippen LogP contribution is -2.29. The molecule has 1 aliphatic rings. The van der Waals surface area contributed by atoms with E-state index >= 15 is 0 Å². The zero-order valence-corrected chi connectivity index (χ0v) is 21.6. The maximum absolute atomic E-state index is 6.61. The number of pyridine rings is 1. The quantitative estimate of drug-likeness (QED) is 0.277. The first-order chi connectivity index (χ1) is 16.4. The summed E-state index contributed by atoms with van der Waals surface area (Å²) in [6.07, 6.45) is 1.80. The van der Waals surface area contributed by atoms with E-state index in [1.807, 2.05) is 54.6 Å². The standard InChI is InChI=1S/C26H21Cl3N4S/c1-15-14-19(16(2)32(15)22-8-5-6-20(28)23(22)29)25-24(21-7-3-4-13-30-21)31-26(34)33(25)18-11-9-17(27)10-12-18/h3-14,24-25H,1-2H3,(H,31,34). The van der Waals surface area contributed by atoms with Crippen molar-refractivity contribution in [3.8, 4) is 5.69 Å². The number of thiocarbonyl (C=S) groups is 1. The number of anilines is 1. The van der Waals surface area contributed by atoms with Crippen molar-refractivity contribution in [2.24, 2.45) is 0 Å². The van der Waals surface area contributed by atoms with Gasteiger partial charge in [-0.1, -0.05) is 46.9 Å². The van der Waals surface area contributed by atoms with Gasteiger partial charge in [-0.3, -0.25) is 4.98 Å². The summed E-state index contributed by atoms with van der Waals surface area (Å²) >= 11 is 25.0. The zero-order chi connectivity index (χ0) is 24.0. The molecule has 0 bridgehead atoms. The minimum Gasteiger partial charge on any atom is -0.351 e. The third-order valence-corrected chi connectivity index (χ3v) is 7.54. The van der Waals surface area contributed by atoms with Crippen LogP contribution in [0.4, 0.5) is 5.69 Å². The van der Waals surface area contributed by atoms with E-state index in [1.165, 1.54) is 0 Å². The SMILES string of the molecule is Cc1cc(C2C(c3ccccn3)NC(=S)N2c2ccc(Cl)cc2)c(C)n1-c1cccc(Cl)c1Cl. The molecule has 0 spiro atoms. The van der Waals surface area contributed by atoms with Crippen molar-refractivity contribution in [1.29, 1.82) is 0 Å². The second kappa shape index (κ2) is 9.23. The monoisotopic (exact) mass is 526 g/mol. The molecule has 4 aromatic rings. The van der Waals surface area contributed by atoms with Crippen molar-refractivity contribution in [1.82, 2.24) is 14.9 Å². The van der Waals surface area contributed by atoms with Gasteiger partial charge in [0.15, 0.2) is 5.11 Å². The predicted octanol–water partition coefficient (Wildman–Crippen LogP) is 7.63. The highest BCUT2D eigenvalue weighted by Gasteiger charge is 2.42. The van der Waals surface area contributed by atoms with E-state index in [2.05, 4.69) is 39.7 Å². The number of halogens is 3. The van der Waals surface area contributed by atoms with Crippen molar-refractivity contribution >= 4 is 57.8 Å². The summed E-state index contributed by atoms with van der Waals surface area (Å²) in [6, 6.07) is 21.2. The van der Waals surface area contributed by atoms with Crippen LogP contribution in [0.3, 0.4) is 0 Å². The Morgan fingerprint density at radius 1 is 0.941 bits per heavy atom. The Hall–Kier alpha value is -2.57. The van der Waals surface area contributed by atoms with E-state index in [4.69, 9.17) is 47.0 Å². The summed E-state index contributed by atoms with van der Waals surface area (Å²) < 4.78 is 2.14. The third kappa shape index (κ3) is 3.97. The molecule has 0 amide bonds. The molecule has 2 atom stereocenters. The van der Waals surface area contributed by atoms with Crippen LogP contribution in [0.2, 0.25) is 15.1 Å². The van der Waals surface area contributed by atoms with Crippen molar-refractivity contribution in [3.63, 3.8) is 0 Å². The van der Waals surface area contributed by atoms with Crippen molar-refractivity contribution < 1.29 is 0 Å². The van der Waals surface area contributed by atoms with Crippen LogP contribution in [0.25, 0.3) is 5.69 Å². The number of aryl methyl sites for hydroxylation is 1. The van der Waals surface area contributed by atoms with E-state index in [9.17, 15) is 0 Å². The fourth-order valence-electron chi connectivity index (χ4n) is 4.67. The van der Waals surface area contributed by atoms with E-state index in [0.717, 1.165) is 34.0 Å². The molecule has 3 heterocycles. The highest BCUT2D eigenvalue weighted by Crippen LogP contribution is 2.44. The van der Waals surface area contributed by atoms with Gasteiger partial charge in [0.25, 0.3) is 0 Å². The molecule has 1 fully saturated rings. The lowest BCUT2D eigenvalue weighted by Gasteiger charge is -2.28. The first-order valence-electron chi connectivity index (χ1n) is 10.8. The normalized spacial score (nSPS) is 17.8. The van der Waals surface area contributed by atoms with Gasteiger partial charge in [-0.15, -0.1) is 0 Å². The molecule has 172 valence electrons. The maximum Gasteiger partial charge on any atom is 0.174 e. The van der Waals surface area contributed by atoms with E-state index in [1.54, 1.807) is 12.3 Å². The topological polar surface area (TPSA) is 33.1 Å². The Morgan fingerprint density at radius 2 is 1.71 bits per heavy atom. The molecule has 0 radical (unpaired) electrons. The zero-order valence-electron chi connectivity index (χ0n) is 18.5. The van der Waals surface area contributed by atoms with Gasteiger partial charge >= 0.3 is 0 Å². The average molecular weight is 528 g/mol. The molecule has 1 N–H and O–H groups in total. The molecule has 4 nitrogen and oxygen atoms in total. The summed E-state index contributed by atoms with van der Waals surface area (Å²) in [7, 11) is 0. The average Bonchev–Trinajstić information content (AvgIpc) is 3.32. The number of nitrogens with one attached hydrogen (secondary N) is 1. The Balaban J connectivity index is 1.70. The van der Waals surface area contributed by atoms with Crippen molar-refractivity contribution in [2.45, 2.75) is 25.9 Å². The number of benzene rings is 2. The van der Waals surface area contributed by atoms with Crippen LogP contribution in [0.15, 0.2) is 72.9 Å². The third-order valence-electron chi connectivity index (χ3n) is 6.16. The molecule has 2 aromatic heterocycles. The second-order valence-corrected chi connectivity index (χ2v) is 9.82. The Labute approximate surface area is 219 Å². The molecule has 2 aromatic carbocycles. The van der Waals surface area contributed by atoms with Gasteiger partial charge in [-0.2, -0.15) is 0 Å². The van der Waals surface area contributed by atoms with Crippen molar-refractivity contribution in [2.75, 3.05) is 4.90 Å². The fraction of sp³-hybridized carbons (Fsp3) is 0.154. The highest BCUT2D eigenvalue weighted by atomic mass is 35.5. The van der Waals surface area contributed by atoms with Crippen LogP contribution in [-0.2, 0) is 0 Å². The van der Waals surface area contributed by atoms with Gasteiger partial charge in [0.2, 0.25) is 0 Å². The molecular weight excluding hydrogens is 507 g/mol. The van der Waals surface area contributed by atoms with Crippen LogP contribution >= 0.6 is 47.0 Å². The minimum absolute atomic E-state index is 0.138. The van der Waals surface area contributed by atoms with E-state index in [-0.39, 0.29) is 12.1 Å². The largest absolute Gasteiger partial charge is 0.351 e. The minimum atomic E-state index is -0.145. The Morgan fingerprint density at radius 3 is 2.41 bits per heavy atom. The molecule has 0 aliphatic carbocycles. The van der Waals surface area contributed by atoms with Crippen molar-refractivity contribution in [3.05, 3.63) is 111 Å². The molecule has 0 saturated carbocycles. The summed E-state index contributed by atoms with van der Waals surface area (Å²) in [5.41, 5.74) is 5.93.